The van der Waals surface area contributed by atoms with Crippen molar-refractivity contribution in [1.29, 1.82) is 5.26 Å². The van der Waals surface area contributed by atoms with Gasteiger partial charge in [-0.2, -0.15) is 5.26 Å². The Morgan fingerprint density at radius 2 is 1.78 bits per heavy atom. The molecule has 4 nitrogen and oxygen atoms in total. The fraction of sp³-hybridized carbons (Fsp3) is 0.0588. The lowest BCUT2D eigenvalue weighted by Crippen LogP contribution is -2.46. The molecule has 2 aromatic rings. The minimum atomic E-state index is -0.466. The van der Waals surface area contributed by atoms with Crippen LogP contribution in [0.2, 0.25) is 5.02 Å². The Kier molecular flexibility index (Phi) is 4.28. The van der Waals surface area contributed by atoms with Gasteiger partial charge in [0.15, 0.2) is 0 Å². The number of nitrogens with zero attached hydrogens (tertiary/aromatic N) is 2. The van der Waals surface area contributed by atoms with Gasteiger partial charge < -0.3 is 10.2 Å². The first kappa shape index (κ1) is 15.5. The summed E-state index contributed by atoms with van der Waals surface area (Å²) in [5.74, 6) is -0.440. The Morgan fingerprint density at radius 3 is 2.39 bits per heavy atom. The molecule has 1 amide bonds. The van der Waals surface area contributed by atoms with Gasteiger partial charge in [0.1, 0.15) is 17.8 Å². The fourth-order valence-corrected chi connectivity index (χ4v) is 2.95. The van der Waals surface area contributed by atoms with E-state index < -0.39 is 12.1 Å². The number of thiol groups is 1. The van der Waals surface area contributed by atoms with Gasteiger partial charge in [0.25, 0.3) is 5.91 Å². The topological polar surface area (TPSA) is 56.1 Å². The van der Waals surface area contributed by atoms with Gasteiger partial charge in [-0.25, -0.2) is 0 Å². The van der Waals surface area contributed by atoms with Crippen molar-refractivity contribution in [1.82, 2.24) is 5.32 Å². The van der Waals surface area contributed by atoms with Gasteiger partial charge in [-0.05, 0) is 29.8 Å². The number of rotatable bonds is 2. The summed E-state index contributed by atoms with van der Waals surface area (Å²) in [5.41, 5.74) is 1.66. The molecule has 23 heavy (non-hydrogen) atoms. The first-order valence-electron chi connectivity index (χ1n) is 6.86. The smallest absolute Gasteiger partial charge is 0.266 e. The van der Waals surface area contributed by atoms with Gasteiger partial charge in [-0.15, -0.1) is 12.6 Å². The quantitative estimate of drug-likeness (QED) is 0.820. The Balaban J connectivity index is 2.14. The maximum atomic E-state index is 12.2. The second-order valence-corrected chi connectivity index (χ2v) is 5.80. The summed E-state index contributed by atoms with van der Waals surface area (Å²) < 4.78 is 0. The molecule has 0 radical (unpaired) electrons. The predicted octanol–water partition coefficient (Wildman–Crippen LogP) is 3.64. The molecule has 0 fully saturated rings. The molecule has 114 valence electrons. The van der Waals surface area contributed by atoms with Crippen molar-refractivity contribution >= 4 is 35.8 Å². The van der Waals surface area contributed by atoms with Crippen LogP contribution in [0.1, 0.15) is 11.7 Å². The maximum absolute atomic E-state index is 12.2. The highest BCUT2D eigenvalue weighted by Gasteiger charge is 2.33. The molecule has 0 spiro atoms. The van der Waals surface area contributed by atoms with Crippen LogP contribution in [0, 0.1) is 11.3 Å². The first-order valence-corrected chi connectivity index (χ1v) is 7.68. The lowest BCUT2D eigenvalue weighted by molar-refractivity contribution is -0.118. The van der Waals surface area contributed by atoms with Crippen molar-refractivity contribution in [2.75, 3.05) is 4.90 Å². The molecule has 2 aromatic carbocycles. The second kappa shape index (κ2) is 6.37. The number of para-hydroxylation sites is 1. The molecule has 0 bridgehead atoms. The molecular weight excluding hydrogens is 330 g/mol. The van der Waals surface area contributed by atoms with Crippen LogP contribution >= 0.6 is 24.2 Å². The van der Waals surface area contributed by atoms with Crippen molar-refractivity contribution in [3.8, 4) is 6.07 Å². The summed E-state index contributed by atoms with van der Waals surface area (Å²) in [6, 6.07) is 18.6. The summed E-state index contributed by atoms with van der Waals surface area (Å²) >= 11 is 10.4. The highest BCUT2D eigenvalue weighted by molar-refractivity contribution is 7.84. The third kappa shape index (κ3) is 2.91. The van der Waals surface area contributed by atoms with Gasteiger partial charge in [0.2, 0.25) is 0 Å². The van der Waals surface area contributed by atoms with Crippen LogP contribution in [0.5, 0.6) is 0 Å². The Morgan fingerprint density at radius 1 is 1.13 bits per heavy atom. The van der Waals surface area contributed by atoms with Crippen LogP contribution in [-0.2, 0) is 4.79 Å². The standard InChI is InChI=1S/C17H12ClN3OS/c18-12-8-6-11(7-9-12)15-20-16(22)14(10-19)17(23)21(15)13-4-2-1-3-5-13/h1-9,15,23H,(H,20,22). The minimum absolute atomic E-state index is 0.0117. The molecule has 0 aromatic heterocycles. The molecule has 1 unspecified atom stereocenters. The zero-order valence-corrected chi connectivity index (χ0v) is 13.6. The molecule has 1 aliphatic rings. The molecule has 0 aliphatic carbocycles. The third-order valence-corrected chi connectivity index (χ3v) is 4.23. The molecule has 1 N–H and O–H groups in total. The number of benzene rings is 2. The highest BCUT2D eigenvalue weighted by Crippen LogP contribution is 2.35. The van der Waals surface area contributed by atoms with Crippen molar-refractivity contribution in [2.45, 2.75) is 6.17 Å². The van der Waals surface area contributed by atoms with Crippen molar-refractivity contribution in [2.24, 2.45) is 0 Å². The zero-order valence-electron chi connectivity index (χ0n) is 11.9. The maximum Gasteiger partial charge on any atom is 0.266 e. The van der Waals surface area contributed by atoms with Crippen LogP contribution < -0.4 is 10.2 Å². The van der Waals surface area contributed by atoms with E-state index in [2.05, 4.69) is 17.9 Å². The fourth-order valence-electron chi connectivity index (χ4n) is 2.44. The van der Waals surface area contributed by atoms with E-state index in [-0.39, 0.29) is 5.57 Å². The Bertz CT molecular complexity index is 812. The number of amides is 1. The molecule has 1 aliphatic heterocycles. The summed E-state index contributed by atoms with van der Waals surface area (Å²) in [4.78, 5) is 14.0. The second-order valence-electron chi connectivity index (χ2n) is 4.94. The highest BCUT2D eigenvalue weighted by atomic mass is 35.5. The molecule has 1 heterocycles. The summed E-state index contributed by atoms with van der Waals surface area (Å²) in [5, 5.41) is 13.0. The van der Waals surface area contributed by atoms with E-state index in [1.807, 2.05) is 53.4 Å². The van der Waals surface area contributed by atoms with E-state index in [1.165, 1.54) is 0 Å². The summed E-state index contributed by atoms with van der Waals surface area (Å²) in [6.07, 6.45) is -0.466. The lowest BCUT2D eigenvalue weighted by atomic mass is 10.1. The molecule has 3 rings (SSSR count). The van der Waals surface area contributed by atoms with E-state index >= 15 is 0 Å². The van der Waals surface area contributed by atoms with E-state index in [1.54, 1.807) is 12.1 Å². The number of halogens is 1. The number of anilines is 1. The van der Waals surface area contributed by atoms with E-state index in [0.29, 0.717) is 10.1 Å². The number of carbonyl (C=O) groups excluding carboxylic acids is 1. The lowest BCUT2D eigenvalue weighted by Gasteiger charge is -2.38. The number of hydrogen-bond acceptors (Lipinski definition) is 4. The van der Waals surface area contributed by atoms with Crippen LogP contribution in [-0.4, -0.2) is 5.91 Å². The monoisotopic (exact) mass is 341 g/mol. The Labute approximate surface area is 144 Å². The first-order chi connectivity index (χ1) is 11.1. The van der Waals surface area contributed by atoms with E-state index in [4.69, 9.17) is 11.6 Å². The largest absolute Gasteiger partial charge is 0.327 e. The number of nitrogens with one attached hydrogen (secondary N) is 1. The molecular formula is C17H12ClN3OS. The van der Waals surface area contributed by atoms with E-state index in [9.17, 15) is 10.1 Å². The molecule has 1 atom stereocenters. The average Bonchev–Trinajstić information content (AvgIpc) is 2.56. The van der Waals surface area contributed by atoms with E-state index in [0.717, 1.165) is 11.3 Å². The van der Waals surface area contributed by atoms with Gasteiger partial charge >= 0.3 is 0 Å². The SMILES string of the molecule is N#CC1=C(S)N(c2ccccc2)C(c2ccc(Cl)cc2)NC1=O. The number of hydrogen-bond donors (Lipinski definition) is 2. The van der Waals surface area contributed by atoms with Gasteiger partial charge in [-0.1, -0.05) is 41.9 Å². The zero-order chi connectivity index (χ0) is 16.4. The van der Waals surface area contributed by atoms with Gasteiger partial charge in [0, 0.05) is 10.7 Å². The predicted molar refractivity (Wildman–Crippen MR) is 92.9 cm³/mol. The normalized spacial score (nSPS) is 17.7. The van der Waals surface area contributed by atoms with Crippen molar-refractivity contribution in [3.05, 3.63) is 75.8 Å². The number of nitriles is 1. The summed E-state index contributed by atoms with van der Waals surface area (Å²) in [6.45, 7) is 0. The third-order valence-electron chi connectivity index (χ3n) is 3.54. The van der Waals surface area contributed by atoms with Crippen molar-refractivity contribution in [3.63, 3.8) is 0 Å². The van der Waals surface area contributed by atoms with Gasteiger partial charge in [-0.3, -0.25) is 4.79 Å². The van der Waals surface area contributed by atoms with Crippen LogP contribution in [0.3, 0.4) is 0 Å². The molecule has 0 saturated heterocycles. The summed E-state index contributed by atoms with van der Waals surface area (Å²) in [7, 11) is 0. The molecule has 6 heteroatoms. The molecule has 0 saturated carbocycles. The van der Waals surface area contributed by atoms with Crippen LogP contribution in [0.15, 0.2) is 65.2 Å². The number of carbonyl (C=O) groups is 1. The Hall–Kier alpha value is -2.42. The van der Waals surface area contributed by atoms with Gasteiger partial charge in [0.05, 0.1) is 5.03 Å². The van der Waals surface area contributed by atoms with Crippen LogP contribution in [0.25, 0.3) is 0 Å². The van der Waals surface area contributed by atoms with Crippen LogP contribution in [0.4, 0.5) is 5.69 Å². The average molecular weight is 342 g/mol. The van der Waals surface area contributed by atoms with Crippen molar-refractivity contribution < 1.29 is 4.79 Å². The minimum Gasteiger partial charge on any atom is -0.327 e.